The average molecular weight is 998 g/mol. The molecule has 3 amide bonds. The third kappa shape index (κ3) is 21.7. The van der Waals surface area contributed by atoms with E-state index in [2.05, 4.69) is 53.1 Å². The molecule has 0 spiro atoms. The Morgan fingerprint density at radius 1 is 0.667 bits per heavy atom. The lowest BCUT2D eigenvalue weighted by atomic mass is 9.99. The molecule has 14 nitrogen and oxygen atoms in total. The van der Waals surface area contributed by atoms with E-state index in [-0.39, 0.29) is 61.1 Å². The number of nitrogens with zero attached hydrogens (tertiary/aromatic N) is 2. The molecular formula is C53H87N3O11Si2. The molecule has 0 aliphatic carbocycles. The number of carbonyl (C=O) groups excluding carboxylic acids is 4. The largest absolute Gasteiger partial charge is 0.480 e. The number of rotatable bonds is 29. The Balaban J connectivity index is 0.000000412. The van der Waals surface area contributed by atoms with Crippen LogP contribution in [-0.2, 0) is 28.6 Å². The van der Waals surface area contributed by atoms with Crippen molar-refractivity contribution in [2.45, 2.75) is 174 Å². The van der Waals surface area contributed by atoms with Crippen LogP contribution in [0.2, 0.25) is 51.4 Å². The van der Waals surface area contributed by atoms with Crippen LogP contribution < -0.4 is 15.2 Å². The molecule has 0 unspecified atom stereocenters. The summed E-state index contributed by atoms with van der Waals surface area (Å²) in [4.78, 5) is 66.2. The highest BCUT2D eigenvalue weighted by molar-refractivity contribution is 6.76. The van der Waals surface area contributed by atoms with Gasteiger partial charge in [0.25, 0.3) is 11.8 Å². The van der Waals surface area contributed by atoms with Crippen molar-refractivity contribution in [3.8, 4) is 11.5 Å². The zero-order valence-electron chi connectivity index (χ0n) is 43.7. The molecule has 2 aromatic carbocycles. The highest BCUT2D eigenvalue weighted by atomic mass is 28.3. The standard InChI is InChI=1S/C34H58N2O6Si.C19H29NO5Si/c1-7-8-9-12-17-28(18-13-10-11-16-27(3)32(35)37)42-34(39)30-23-26(2)24-36(30)33(38)29-19-14-15-20-31(29)41-25-40-21-22-43(4,5)6;1-14-11-16(19(22)23)20(12-14)18(21)15-7-5-6-8-17(15)25-13-24-9-10-26(2,3)4/h14-15,19-20,26-28,30H,7-13,16-18,21-25H2,1-6H3,(H2,35,37);5-8,14,16H,9-13H2,1-4H3,(H,22,23)/t26-,27-,28-,30+;14-,16+/m11/s1. The molecular weight excluding hydrogens is 911 g/mol. The number of aliphatic carboxylic acids is 1. The molecule has 0 saturated carbocycles. The lowest BCUT2D eigenvalue weighted by Crippen LogP contribution is -2.42. The summed E-state index contributed by atoms with van der Waals surface area (Å²) >= 11 is 0. The van der Waals surface area contributed by atoms with Crippen molar-refractivity contribution in [2.24, 2.45) is 23.5 Å². The van der Waals surface area contributed by atoms with Crippen LogP contribution in [0.15, 0.2) is 48.5 Å². The molecule has 0 bridgehead atoms. The third-order valence-electron chi connectivity index (χ3n) is 12.7. The number of ether oxygens (including phenoxy) is 5. The van der Waals surface area contributed by atoms with Crippen molar-refractivity contribution >= 4 is 45.8 Å². The molecule has 3 N–H and O–H groups in total. The van der Waals surface area contributed by atoms with Crippen molar-refractivity contribution in [3.63, 3.8) is 0 Å². The monoisotopic (exact) mass is 998 g/mol. The van der Waals surface area contributed by atoms with E-state index in [9.17, 15) is 29.1 Å². The molecule has 2 aliphatic heterocycles. The van der Waals surface area contributed by atoms with Crippen LogP contribution >= 0.6 is 0 Å². The van der Waals surface area contributed by atoms with E-state index >= 15 is 0 Å². The van der Waals surface area contributed by atoms with Gasteiger partial charge in [-0.2, -0.15) is 0 Å². The molecule has 16 heteroatoms. The fourth-order valence-corrected chi connectivity index (χ4v) is 9.89. The normalized spacial score (nSPS) is 19.0. The van der Waals surface area contributed by atoms with E-state index in [0.717, 1.165) is 69.9 Å². The smallest absolute Gasteiger partial charge is 0.329 e. The van der Waals surface area contributed by atoms with Gasteiger partial charge in [-0.1, -0.05) is 123 Å². The molecule has 2 fully saturated rings. The van der Waals surface area contributed by atoms with Crippen LogP contribution in [-0.4, -0.2) is 119 Å². The number of carbonyl (C=O) groups is 5. The second-order valence-corrected chi connectivity index (χ2v) is 33.0. The van der Waals surface area contributed by atoms with Gasteiger partial charge >= 0.3 is 11.9 Å². The third-order valence-corrected chi connectivity index (χ3v) is 16.1. The predicted molar refractivity (Wildman–Crippen MR) is 277 cm³/mol. The first-order valence-corrected chi connectivity index (χ1v) is 33.0. The van der Waals surface area contributed by atoms with Crippen molar-refractivity contribution in [1.82, 2.24) is 9.80 Å². The van der Waals surface area contributed by atoms with Gasteiger partial charge in [0.15, 0.2) is 13.6 Å². The van der Waals surface area contributed by atoms with Crippen LogP contribution in [0, 0.1) is 17.8 Å². The summed E-state index contributed by atoms with van der Waals surface area (Å²) in [6, 6.07) is 14.8. The first kappa shape index (κ1) is 59.1. The van der Waals surface area contributed by atoms with E-state index in [1.54, 1.807) is 41.3 Å². The lowest BCUT2D eigenvalue weighted by Gasteiger charge is -2.27. The molecule has 0 aromatic heterocycles. The average Bonchev–Trinajstić information content (AvgIpc) is 3.89. The lowest BCUT2D eigenvalue weighted by molar-refractivity contribution is -0.154. The van der Waals surface area contributed by atoms with Gasteiger partial charge in [-0.3, -0.25) is 14.4 Å². The maximum absolute atomic E-state index is 13.8. The molecule has 2 aliphatic rings. The van der Waals surface area contributed by atoms with Gasteiger partial charge in [0, 0.05) is 48.4 Å². The summed E-state index contributed by atoms with van der Waals surface area (Å²) in [5.74, 6) is -0.925. The number of para-hydroxylation sites is 2. The number of carboxylic acid groups (broad SMARTS) is 1. The van der Waals surface area contributed by atoms with Crippen molar-refractivity contribution in [3.05, 3.63) is 59.7 Å². The van der Waals surface area contributed by atoms with Crippen molar-refractivity contribution in [1.29, 1.82) is 0 Å². The van der Waals surface area contributed by atoms with E-state index in [1.165, 1.54) is 11.3 Å². The Morgan fingerprint density at radius 3 is 1.55 bits per heavy atom. The van der Waals surface area contributed by atoms with Gasteiger partial charge in [0.05, 0.1) is 11.1 Å². The zero-order valence-corrected chi connectivity index (χ0v) is 45.7. The number of hydrogen-bond acceptors (Lipinski definition) is 10. The van der Waals surface area contributed by atoms with E-state index in [4.69, 9.17) is 29.4 Å². The van der Waals surface area contributed by atoms with Crippen LogP contribution in [0.5, 0.6) is 11.5 Å². The second kappa shape index (κ2) is 29.8. The fraction of sp³-hybridized carbons (Fsp3) is 0.679. The molecule has 0 radical (unpaired) electrons. The van der Waals surface area contributed by atoms with Gasteiger partial charge < -0.3 is 44.3 Å². The highest BCUT2D eigenvalue weighted by Crippen LogP contribution is 2.31. The number of amides is 3. The van der Waals surface area contributed by atoms with Gasteiger partial charge in [-0.05, 0) is 93.1 Å². The maximum atomic E-state index is 13.8. The van der Waals surface area contributed by atoms with Crippen LogP contribution in [0.1, 0.15) is 125 Å². The summed E-state index contributed by atoms with van der Waals surface area (Å²) < 4.78 is 28.9. The molecule has 6 atom stereocenters. The Bertz CT molecular complexity index is 1900. The predicted octanol–water partition coefficient (Wildman–Crippen LogP) is 10.5. The first-order valence-electron chi connectivity index (χ1n) is 25.6. The topological polar surface area (TPSA) is 184 Å². The molecule has 2 heterocycles. The zero-order chi connectivity index (χ0) is 51.1. The molecule has 69 heavy (non-hydrogen) atoms. The van der Waals surface area contributed by atoms with Crippen LogP contribution in [0.4, 0.5) is 0 Å². The van der Waals surface area contributed by atoms with Crippen LogP contribution in [0.25, 0.3) is 0 Å². The first-order chi connectivity index (χ1) is 32.6. The Morgan fingerprint density at radius 2 is 1.10 bits per heavy atom. The maximum Gasteiger partial charge on any atom is 0.329 e. The number of unbranched alkanes of at least 4 members (excludes halogenated alkanes) is 5. The van der Waals surface area contributed by atoms with Crippen molar-refractivity contribution in [2.75, 3.05) is 39.9 Å². The number of likely N-dealkylation sites (tertiary alicyclic amines) is 2. The van der Waals surface area contributed by atoms with Gasteiger partial charge in [0.1, 0.15) is 29.7 Å². The van der Waals surface area contributed by atoms with Crippen LogP contribution in [0.3, 0.4) is 0 Å². The SMILES string of the molecule is CCCCCC[C@H](CCCCC[C@@H](C)C(N)=O)OC(=O)[C@@H]1C[C@@H](C)CN1C(=O)c1ccccc1OCOCC[Si](C)(C)C.C[C@@H]1C[C@@H](C(=O)O)N(C(=O)c2ccccc2OCOCC[Si](C)(C)C)C1. The van der Waals surface area contributed by atoms with Crippen molar-refractivity contribution < 1.29 is 52.8 Å². The highest BCUT2D eigenvalue weighted by Gasteiger charge is 2.41. The molecule has 2 saturated heterocycles. The van der Waals surface area contributed by atoms with E-state index < -0.39 is 34.2 Å². The molecule has 4 rings (SSSR count). The Hall–Kier alpha value is -4.26. The van der Waals surface area contributed by atoms with Gasteiger partial charge in [-0.25, -0.2) is 9.59 Å². The van der Waals surface area contributed by atoms with E-state index in [0.29, 0.717) is 61.8 Å². The minimum Gasteiger partial charge on any atom is -0.480 e. The minimum absolute atomic E-state index is 0.0769. The summed E-state index contributed by atoms with van der Waals surface area (Å²) in [6.07, 6.45) is 10.5. The molecule has 388 valence electrons. The quantitative estimate of drug-likeness (QED) is 0.0342. The van der Waals surface area contributed by atoms with Gasteiger partial charge in [0.2, 0.25) is 5.91 Å². The number of carboxylic acids is 1. The fourth-order valence-electron chi connectivity index (χ4n) is 8.38. The number of nitrogens with two attached hydrogens (primary N) is 1. The van der Waals surface area contributed by atoms with Gasteiger partial charge in [-0.15, -0.1) is 0 Å². The minimum atomic E-state index is -1.20. The summed E-state index contributed by atoms with van der Waals surface area (Å²) in [6.45, 7) is 24.2. The Labute approximate surface area is 415 Å². The second-order valence-electron chi connectivity index (χ2n) is 21.8. The summed E-state index contributed by atoms with van der Waals surface area (Å²) in [5, 5.41) is 9.39. The summed E-state index contributed by atoms with van der Waals surface area (Å²) in [5.41, 5.74) is 6.20. The number of hydrogen-bond donors (Lipinski definition) is 2. The van der Waals surface area contributed by atoms with E-state index in [1.807, 2.05) is 26.0 Å². The Kier molecular flexibility index (Phi) is 25.5. The number of primary amides is 1. The number of esters is 1. The molecule has 2 aromatic rings. The summed E-state index contributed by atoms with van der Waals surface area (Å²) in [7, 11) is -2.36. The number of benzene rings is 2.